The molecule has 0 aliphatic carbocycles. The van der Waals surface area contributed by atoms with Crippen molar-refractivity contribution in [3.8, 4) is 23.0 Å². The predicted molar refractivity (Wildman–Crippen MR) is 180 cm³/mol. The van der Waals surface area contributed by atoms with Crippen molar-refractivity contribution in [2.45, 2.75) is 12.8 Å². The molecule has 14 heteroatoms. The van der Waals surface area contributed by atoms with Crippen LogP contribution in [0.4, 0.5) is 0 Å². The Morgan fingerprint density at radius 1 is 0.478 bits per heavy atom. The maximum Gasteiger partial charge on any atom is 0.343 e. The molecule has 0 unspecified atom stereocenters. The fraction of sp³-hybridized carbons (Fsp3) is 0.0625. The molecule has 6 rings (SSSR count). The van der Waals surface area contributed by atoms with Gasteiger partial charge in [0.05, 0.1) is 52.0 Å². The molecule has 236 valence electrons. The lowest BCUT2D eigenvalue weighted by Gasteiger charge is -2.14. The number of hydrogen-bond donors (Lipinski definition) is 4. The zero-order valence-corrected chi connectivity index (χ0v) is 27.4. The van der Waals surface area contributed by atoms with Crippen LogP contribution in [0.15, 0.2) is 79.1 Å². The fourth-order valence-electron chi connectivity index (χ4n) is 4.60. The van der Waals surface area contributed by atoms with Gasteiger partial charge < -0.3 is 29.3 Å². The molecular weight excluding hydrogens is 725 g/mol. The third kappa shape index (κ3) is 6.42. The molecule has 0 fully saturated rings. The summed E-state index contributed by atoms with van der Waals surface area (Å²) in [5.41, 5.74) is -0.874. The van der Waals surface area contributed by atoms with E-state index in [0.29, 0.717) is 10.8 Å². The molecule has 2 aromatic heterocycles. The number of fused-ring (bicyclic) bond motifs is 2. The van der Waals surface area contributed by atoms with Crippen LogP contribution >= 0.6 is 69.6 Å². The van der Waals surface area contributed by atoms with E-state index in [1.165, 1.54) is 12.1 Å². The van der Waals surface area contributed by atoms with Crippen molar-refractivity contribution in [1.82, 2.24) is 0 Å². The molecule has 8 nitrogen and oxygen atoms in total. The number of phenols is 2. The summed E-state index contributed by atoms with van der Waals surface area (Å²) in [5.74, 6) is -1.06. The topological polar surface area (TPSA) is 141 Å². The number of phenolic OH excluding ortho intramolecular Hbond substituents is 2. The number of halogens is 6. The molecule has 0 aliphatic heterocycles. The Bertz CT molecular complexity index is 2070. The molecule has 0 radical (unpaired) electrons. The van der Waals surface area contributed by atoms with E-state index in [4.69, 9.17) is 78.4 Å². The smallest absolute Gasteiger partial charge is 0.343 e. The summed E-state index contributed by atoms with van der Waals surface area (Å²) in [6, 6.07) is 15.7. The standard InChI is InChI=1S/C19H12O6.C13H6Cl6O2/c20-16-10-5-1-3-7-14(10)24-18(22)12(16)9-13-17(21)11-6-2-4-8-15(11)25-19(13)23;14-6-2-8(16)12(20)4(10(6)18)1-5-11(19)7(15)3-9(17)13(5)21/h1-8,20-21H,9H2;2-3,20-21H,1H2. The lowest BCUT2D eigenvalue weighted by Crippen LogP contribution is -2.14. The highest BCUT2D eigenvalue weighted by molar-refractivity contribution is 6.45. The minimum atomic E-state index is -0.775. The second kappa shape index (κ2) is 13.5. The van der Waals surface area contributed by atoms with Crippen molar-refractivity contribution in [3.05, 3.63) is 134 Å². The van der Waals surface area contributed by atoms with Crippen LogP contribution in [0.3, 0.4) is 0 Å². The highest BCUT2D eigenvalue weighted by Gasteiger charge is 2.22. The van der Waals surface area contributed by atoms with Crippen molar-refractivity contribution in [3.63, 3.8) is 0 Å². The molecule has 0 saturated carbocycles. The van der Waals surface area contributed by atoms with Crippen LogP contribution in [0, 0.1) is 0 Å². The summed E-state index contributed by atoms with van der Waals surface area (Å²) in [4.78, 5) is 24.4. The highest BCUT2D eigenvalue weighted by Crippen LogP contribution is 2.44. The molecule has 2 heterocycles. The maximum atomic E-state index is 12.2. The summed E-state index contributed by atoms with van der Waals surface area (Å²) in [6.07, 6.45) is -0.353. The molecule has 0 aliphatic rings. The molecular formula is C32H18Cl6O8. The van der Waals surface area contributed by atoms with Gasteiger partial charge in [-0.2, -0.15) is 0 Å². The zero-order valence-electron chi connectivity index (χ0n) is 22.9. The first-order valence-corrected chi connectivity index (χ1v) is 15.2. The van der Waals surface area contributed by atoms with Crippen LogP contribution in [-0.2, 0) is 12.8 Å². The largest absolute Gasteiger partial charge is 0.507 e. The van der Waals surface area contributed by atoms with E-state index in [-0.39, 0.29) is 99.4 Å². The molecule has 0 bridgehead atoms. The van der Waals surface area contributed by atoms with Crippen LogP contribution in [0.25, 0.3) is 21.9 Å². The van der Waals surface area contributed by atoms with Crippen molar-refractivity contribution in [2.24, 2.45) is 0 Å². The second-order valence-electron chi connectivity index (χ2n) is 9.74. The number of rotatable bonds is 4. The summed E-state index contributed by atoms with van der Waals surface area (Å²) >= 11 is 35.7. The van der Waals surface area contributed by atoms with E-state index in [2.05, 4.69) is 0 Å². The minimum Gasteiger partial charge on any atom is -0.507 e. The maximum absolute atomic E-state index is 12.2. The predicted octanol–water partition coefficient (Wildman–Crippen LogP) is 9.51. The average Bonchev–Trinajstić information content (AvgIpc) is 3.02. The SMILES string of the molecule is O=c1oc2ccccc2c(O)c1Cc1c(O)c2ccccc2oc1=O.Oc1c(Cl)cc(Cl)c(Cl)c1Cc1c(O)c(Cl)cc(Cl)c1Cl. The molecule has 0 amide bonds. The van der Waals surface area contributed by atoms with Gasteiger partial charge in [-0.05, 0) is 36.4 Å². The fourth-order valence-corrected chi connectivity index (χ4v) is 6.03. The van der Waals surface area contributed by atoms with Gasteiger partial charge in [0.2, 0.25) is 0 Å². The number of para-hydroxylation sites is 2. The normalized spacial score (nSPS) is 11.1. The van der Waals surface area contributed by atoms with Crippen molar-refractivity contribution in [1.29, 1.82) is 0 Å². The number of hydrogen-bond acceptors (Lipinski definition) is 8. The van der Waals surface area contributed by atoms with Gasteiger partial charge in [-0.25, -0.2) is 9.59 Å². The summed E-state index contributed by atoms with van der Waals surface area (Å²) in [7, 11) is 0. The molecule has 0 saturated heterocycles. The second-order valence-corrected chi connectivity index (χ2v) is 12.1. The third-order valence-electron chi connectivity index (χ3n) is 6.94. The van der Waals surface area contributed by atoms with E-state index >= 15 is 0 Å². The Morgan fingerprint density at radius 3 is 1.22 bits per heavy atom. The van der Waals surface area contributed by atoms with Crippen LogP contribution in [0.5, 0.6) is 23.0 Å². The van der Waals surface area contributed by atoms with E-state index in [0.717, 1.165) is 0 Å². The van der Waals surface area contributed by atoms with Gasteiger partial charge >= 0.3 is 11.3 Å². The average molecular weight is 743 g/mol. The molecule has 0 atom stereocenters. The first-order valence-electron chi connectivity index (χ1n) is 13.0. The minimum absolute atomic E-state index is 0.0307. The molecule has 4 aromatic carbocycles. The monoisotopic (exact) mass is 740 g/mol. The van der Waals surface area contributed by atoms with Crippen LogP contribution in [0.1, 0.15) is 22.3 Å². The lowest BCUT2D eigenvalue weighted by molar-refractivity contribution is 0.448. The van der Waals surface area contributed by atoms with E-state index in [1.807, 2.05) is 0 Å². The first-order chi connectivity index (χ1) is 21.8. The quantitative estimate of drug-likeness (QED) is 0.103. The Morgan fingerprint density at radius 2 is 0.826 bits per heavy atom. The first kappa shape index (κ1) is 33.6. The third-order valence-corrected chi connectivity index (χ3v) is 9.17. The van der Waals surface area contributed by atoms with Crippen molar-refractivity contribution in [2.75, 3.05) is 0 Å². The van der Waals surface area contributed by atoms with E-state index < -0.39 is 11.3 Å². The summed E-state index contributed by atoms with van der Waals surface area (Å²) < 4.78 is 10.4. The van der Waals surface area contributed by atoms with Crippen LogP contribution in [-0.4, -0.2) is 20.4 Å². The Kier molecular flexibility index (Phi) is 9.89. The lowest BCUT2D eigenvalue weighted by atomic mass is 10.0. The van der Waals surface area contributed by atoms with E-state index in [1.54, 1.807) is 48.5 Å². The number of aromatic hydroxyl groups is 4. The molecule has 46 heavy (non-hydrogen) atoms. The number of benzene rings is 4. The Labute approximate surface area is 289 Å². The van der Waals surface area contributed by atoms with E-state index in [9.17, 15) is 30.0 Å². The van der Waals surface area contributed by atoms with Gasteiger partial charge in [0.15, 0.2) is 0 Å². The molecule has 6 aromatic rings. The van der Waals surface area contributed by atoms with Gasteiger partial charge in [-0.3, -0.25) is 0 Å². The van der Waals surface area contributed by atoms with Gasteiger partial charge in [0.1, 0.15) is 34.2 Å². The Balaban J connectivity index is 0.000000184. The van der Waals surface area contributed by atoms with Crippen LogP contribution in [0.2, 0.25) is 30.1 Å². The van der Waals surface area contributed by atoms with Gasteiger partial charge in [-0.1, -0.05) is 93.9 Å². The zero-order chi connectivity index (χ0) is 33.4. The molecule has 4 N–H and O–H groups in total. The summed E-state index contributed by atoms with van der Waals surface area (Å²) in [5, 5.41) is 42.2. The van der Waals surface area contributed by atoms with Gasteiger partial charge in [-0.15, -0.1) is 0 Å². The van der Waals surface area contributed by atoms with Gasteiger partial charge in [0, 0.05) is 24.0 Å². The Hall–Kier alpha value is -3.76. The highest BCUT2D eigenvalue weighted by atomic mass is 35.5. The summed E-state index contributed by atoms with van der Waals surface area (Å²) in [6.45, 7) is 0. The van der Waals surface area contributed by atoms with Crippen molar-refractivity contribution >= 4 is 91.5 Å². The molecule has 0 spiro atoms. The van der Waals surface area contributed by atoms with Crippen molar-refractivity contribution < 1.29 is 29.3 Å². The van der Waals surface area contributed by atoms with Gasteiger partial charge in [0.25, 0.3) is 0 Å². The van der Waals surface area contributed by atoms with Crippen LogP contribution < -0.4 is 11.3 Å².